The highest BCUT2D eigenvalue weighted by molar-refractivity contribution is 5.74. The van der Waals surface area contributed by atoms with Crippen LogP contribution in [-0.2, 0) is 0 Å². The van der Waals surface area contributed by atoms with Gasteiger partial charge < -0.3 is 15.4 Å². The Morgan fingerprint density at radius 2 is 1.92 bits per heavy atom. The van der Waals surface area contributed by atoms with Crippen LogP contribution in [0.5, 0.6) is 5.75 Å². The van der Waals surface area contributed by atoms with Crippen molar-refractivity contribution in [3.63, 3.8) is 0 Å². The smallest absolute Gasteiger partial charge is 0.406 e. The molecule has 2 amide bonds. The van der Waals surface area contributed by atoms with E-state index in [1.807, 2.05) is 6.92 Å². The highest BCUT2D eigenvalue weighted by atomic mass is 19.4. The van der Waals surface area contributed by atoms with Crippen LogP contribution < -0.4 is 15.4 Å². The van der Waals surface area contributed by atoms with E-state index < -0.39 is 12.4 Å². The summed E-state index contributed by atoms with van der Waals surface area (Å²) in [5, 5.41) is 5.55. The highest BCUT2D eigenvalue weighted by Crippen LogP contribution is 2.25. The van der Waals surface area contributed by atoms with E-state index in [1.54, 1.807) is 13.0 Å². The van der Waals surface area contributed by atoms with E-state index in [4.69, 9.17) is 0 Å². The second-order valence-corrected chi connectivity index (χ2v) is 5.86. The maximum Gasteiger partial charge on any atom is 0.573 e. The number of hydrogen-bond acceptors (Lipinski definition) is 2. The molecule has 0 heterocycles. The summed E-state index contributed by atoms with van der Waals surface area (Å²) in [5.74, 6) is -0.304. The van der Waals surface area contributed by atoms with Crippen molar-refractivity contribution in [3.8, 4) is 5.75 Å². The molecule has 0 saturated carbocycles. The van der Waals surface area contributed by atoms with E-state index in [0.717, 1.165) is 25.7 Å². The molecule has 7 heteroatoms. The third-order valence-electron chi connectivity index (χ3n) is 3.56. The number of halogens is 3. The average molecular weight is 346 g/mol. The number of benzene rings is 1. The van der Waals surface area contributed by atoms with Gasteiger partial charge in [0.05, 0.1) is 6.04 Å². The van der Waals surface area contributed by atoms with Crippen LogP contribution in [0.2, 0.25) is 0 Å². The zero-order valence-electron chi connectivity index (χ0n) is 14.2. The first-order valence-electron chi connectivity index (χ1n) is 8.14. The van der Waals surface area contributed by atoms with E-state index >= 15 is 0 Å². The van der Waals surface area contributed by atoms with Gasteiger partial charge in [0, 0.05) is 6.04 Å². The molecular weight excluding hydrogens is 321 g/mol. The zero-order chi connectivity index (χ0) is 18.2. The number of carbonyl (C=O) groups excluding carboxylic acids is 1. The minimum absolute atomic E-state index is 0.0450. The molecule has 1 rings (SSSR count). The molecule has 136 valence electrons. The Labute approximate surface area is 140 Å². The molecule has 0 fully saturated rings. The van der Waals surface area contributed by atoms with E-state index in [9.17, 15) is 18.0 Å². The number of nitrogens with one attached hydrogen (secondary N) is 2. The molecule has 0 bridgehead atoms. The Kier molecular flexibility index (Phi) is 7.88. The molecule has 0 spiro atoms. The summed E-state index contributed by atoms with van der Waals surface area (Å²) in [6.07, 6.45) is -0.558. The zero-order valence-corrected chi connectivity index (χ0v) is 14.2. The summed E-state index contributed by atoms with van der Waals surface area (Å²) in [5.41, 5.74) is 0.533. The number of rotatable bonds is 8. The van der Waals surface area contributed by atoms with E-state index in [1.165, 1.54) is 18.2 Å². The van der Waals surface area contributed by atoms with Gasteiger partial charge in [-0.3, -0.25) is 0 Å². The van der Waals surface area contributed by atoms with Crippen LogP contribution in [0, 0.1) is 0 Å². The minimum Gasteiger partial charge on any atom is -0.406 e. The summed E-state index contributed by atoms with van der Waals surface area (Å²) >= 11 is 0. The number of urea groups is 1. The van der Waals surface area contributed by atoms with Crippen LogP contribution in [0.4, 0.5) is 18.0 Å². The molecule has 0 aliphatic heterocycles. The van der Waals surface area contributed by atoms with Crippen LogP contribution >= 0.6 is 0 Å². The topological polar surface area (TPSA) is 50.4 Å². The molecule has 0 aliphatic carbocycles. The normalized spacial score (nSPS) is 13.9. The second kappa shape index (κ2) is 9.39. The predicted molar refractivity (Wildman–Crippen MR) is 86.8 cm³/mol. The van der Waals surface area contributed by atoms with Gasteiger partial charge >= 0.3 is 12.4 Å². The van der Waals surface area contributed by atoms with Crippen molar-refractivity contribution in [1.29, 1.82) is 0 Å². The summed E-state index contributed by atoms with van der Waals surface area (Å²) in [6, 6.07) is 4.85. The molecule has 0 radical (unpaired) electrons. The number of hydrogen-bond donors (Lipinski definition) is 2. The van der Waals surface area contributed by atoms with Crippen molar-refractivity contribution in [3.05, 3.63) is 29.8 Å². The Hall–Kier alpha value is -1.92. The maximum absolute atomic E-state index is 12.3. The summed E-state index contributed by atoms with van der Waals surface area (Å²) in [7, 11) is 0. The lowest BCUT2D eigenvalue weighted by Crippen LogP contribution is -2.41. The summed E-state index contributed by atoms with van der Waals surface area (Å²) in [4.78, 5) is 12.0. The Morgan fingerprint density at radius 3 is 2.54 bits per heavy atom. The lowest BCUT2D eigenvalue weighted by atomic mass is 10.1. The average Bonchev–Trinajstić information content (AvgIpc) is 2.45. The number of carbonyl (C=O) groups is 1. The lowest BCUT2D eigenvalue weighted by Gasteiger charge is -2.19. The van der Waals surface area contributed by atoms with Crippen LogP contribution in [0.25, 0.3) is 0 Å². The quantitative estimate of drug-likeness (QED) is 0.657. The first kappa shape index (κ1) is 20.1. The predicted octanol–water partition coefficient (Wildman–Crippen LogP) is 4.91. The molecule has 1 aromatic carbocycles. The van der Waals surface area contributed by atoms with Crippen LogP contribution in [0.3, 0.4) is 0 Å². The molecule has 2 N–H and O–H groups in total. The fraction of sp³-hybridized carbons (Fsp3) is 0.588. The number of unbranched alkanes of at least 4 members (excludes halogenated alkanes) is 2. The first-order valence-corrected chi connectivity index (χ1v) is 8.14. The largest absolute Gasteiger partial charge is 0.573 e. The van der Waals surface area contributed by atoms with Gasteiger partial charge in [0.1, 0.15) is 5.75 Å². The summed E-state index contributed by atoms with van der Waals surface area (Å²) in [6.45, 7) is 5.74. The standard InChI is InChI=1S/C17H25F3N2O2/c1-4-5-6-8-12(2)21-16(23)22-13(3)14-9-7-10-15(11-14)24-17(18,19)20/h7,9-13H,4-6,8H2,1-3H3,(H2,21,22,23). The first-order chi connectivity index (χ1) is 11.2. The van der Waals surface area contributed by atoms with Crippen molar-refractivity contribution in [2.45, 2.75) is 64.9 Å². The molecule has 0 saturated heterocycles. The Morgan fingerprint density at radius 1 is 1.21 bits per heavy atom. The molecule has 2 atom stereocenters. The summed E-state index contributed by atoms with van der Waals surface area (Å²) < 4.78 is 40.6. The molecule has 24 heavy (non-hydrogen) atoms. The highest BCUT2D eigenvalue weighted by Gasteiger charge is 2.31. The van der Waals surface area contributed by atoms with Crippen molar-refractivity contribution < 1.29 is 22.7 Å². The van der Waals surface area contributed by atoms with Crippen molar-refractivity contribution in [2.75, 3.05) is 0 Å². The Balaban J connectivity index is 2.53. The SMILES string of the molecule is CCCCCC(C)NC(=O)NC(C)c1cccc(OC(F)(F)F)c1. The third kappa shape index (κ3) is 8.08. The van der Waals surface area contributed by atoms with Gasteiger partial charge in [-0.25, -0.2) is 4.79 Å². The van der Waals surface area contributed by atoms with E-state index in [0.29, 0.717) is 5.56 Å². The van der Waals surface area contributed by atoms with Crippen LogP contribution in [0.15, 0.2) is 24.3 Å². The van der Waals surface area contributed by atoms with Gasteiger partial charge in [0.2, 0.25) is 0 Å². The van der Waals surface area contributed by atoms with Gasteiger partial charge in [-0.15, -0.1) is 13.2 Å². The Bertz CT molecular complexity index is 521. The molecule has 2 unspecified atom stereocenters. The number of amides is 2. The molecular formula is C17H25F3N2O2. The monoisotopic (exact) mass is 346 g/mol. The number of alkyl halides is 3. The van der Waals surface area contributed by atoms with E-state index in [-0.39, 0.29) is 17.8 Å². The van der Waals surface area contributed by atoms with Crippen molar-refractivity contribution >= 4 is 6.03 Å². The fourth-order valence-electron chi connectivity index (χ4n) is 2.30. The van der Waals surface area contributed by atoms with Gasteiger partial charge in [-0.2, -0.15) is 0 Å². The molecule has 0 aromatic heterocycles. The maximum atomic E-state index is 12.3. The van der Waals surface area contributed by atoms with Gasteiger partial charge in [-0.1, -0.05) is 38.3 Å². The second-order valence-electron chi connectivity index (χ2n) is 5.86. The van der Waals surface area contributed by atoms with Crippen molar-refractivity contribution in [1.82, 2.24) is 10.6 Å². The van der Waals surface area contributed by atoms with Gasteiger partial charge in [0.15, 0.2) is 0 Å². The van der Waals surface area contributed by atoms with E-state index in [2.05, 4.69) is 22.3 Å². The van der Waals surface area contributed by atoms with Gasteiger partial charge in [0.25, 0.3) is 0 Å². The lowest BCUT2D eigenvalue weighted by molar-refractivity contribution is -0.274. The molecule has 1 aromatic rings. The van der Waals surface area contributed by atoms with Gasteiger partial charge in [-0.05, 0) is 38.0 Å². The molecule has 4 nitrogen and oxygen atoms in total. The molecule has 0 aliphatic rings. The minimum atomic E-state index is -4.74. The third-order valence-corrected chi connectivity index (χ3v) is 3.56. The fourth-order valence-corrected chi connectivity index (χ4v) is 2.30. The number of ether oxygens (including phenoxy) is 1. The van der Waals surface area contributed by atoms with Crippen LogP contribution in [0.1, 0.15) is 58.1 Å². The van der Waals surface area contributed by atoms with Crippen molar-refractivity contribution in [2.24, 2.45) is 0 Å². The van der Waals surface area contributed by atoms with Crippen LogP contribution in [-0.4, -0.2) is 18.4 Å².